The Hall–Kier alpha value is -0.830. The summed E-state index contributed by atoms with van der Waals surface area (Å²) in [7, 11) is 0. The monoisotopic (exact) mass is 508 g/mol. The summed E-state index contributed by atoms with van der Waals surface area (Å²) in [5, 5.41) is 66.3. The maximum atomic E-state index is 13.3. The van der Waals surface area contributed by atoms with Crippen LogP contribution in [0.15, 0.2) is 11.6 Å². The quantitative estimate of drug-likeness (QED) is 0.324. The Kier molecular flexibility index (Phi) is 7.15. The van der Waals surface area contributed by atoms with Crippen molar-refractivity contribution in [2.24, 2.45) is 40.4 Å². The van der Waals surface area contributed by atoms with Crippen molar-refractivity contribution in [2.45, 2.75) is 122 Å². The molecular weight excluding hydrogens is 460 g/mol. The molecule has 12 atom stereocenters. The summed E-state index contributed by atoms with van der Waals surface area (Å²) in [4.78, 5) is 13.3. The molecule has 0 bridgehead atoms. The van der Waals surface area contributed by atoms with Crippen molar-refractivity contribution in [1.82, 2.24) is 0 Å². The molecule has 3 saturated carbocycles. The summed E-state index contributed by atoms with van der Waals surface area (Å²) in [5.74, 6) is -0.993. The van der Waals surface area contributed by atoms with E-state index < -0.39 is 52.4 Å². The van der Waals surface area contributed by atoms with Crippen molar-refractivity contribution in [1.29, 1.82) is 0 Å². The molecule has 3 fully saturated rings. The van der Waals surface area contributed by atoms with Gasteiger partial charge in [0.15, 0.2) is 5.78 Å². The molecule has 4 rings (SSSR count). The van der Waals surface area contributed by atoms with Crippen LogP contribution in [0.1, 0.15) is 86.5 Å². The van der Waals surface area contributed by atoms with E-state index in [4.69, 9.17) is 0 Å². The maximum Gasteiger partial charge on any atom is 0.159 e. The van der Waals surface area contributed by atoms with Gasteiger partial charge in [-0.2, -0.15) is 0 Å². The van der Waals surface area contributed by atoms with E-state index in [-0.39, 0.29) is 42.3 Å². The standard InChI is InChI=1S/C29H48O7/c1-15(2)17(16(3)30)11-25(34)28(6,35)24-8-10-29(36)19-12-21(31)20-13-22(32)23(33)14-26(20,4)18(19)7-9-27(24,29)5/h12,15-18,20,22-25,30,32-36H,7-11,13-14H2,1-6H3/t16-,17+,18+,20+,22-,23+,24+,25-,26-,27-,28-,29-/m1/s1. The van der Waals surface area contributed by atoms with Crippen LogP contribution in [0.3, 0.4) is 0 Å². The van der Waals surface area contributed by atoms with E-state index in [9.17, 15) is 35.4 Å². The minimum atomic E-state index is -1.48. The fourth-order valence-corrected chi connectivity index (χ4v) is 9.06. The lowest BCUT2D eigenvalue weighted by molar-refractivity contribution is -0.179. The Bertz CT molecular complexity index is 888. The third-order valence-corrected chi connectivity index (χ3v) is 11.5. The van der Waals surface area contributed by atoms with Gasteiger partial charge in [0.05, 0.1) is 35.6 Å². The van der Waals surface area contributed by atoms with E-state index >= 15 is 0 Å². The van der Waals surface area contributed by atoms with Crippen molar-refractivity contribution in [2.75, 3.05) is 0 Å². The fraction of sp³-hybridized carbons (Fsp3) is 0.897. The van der Waals surface area contributed by atoms with E-state index in [1.165, 1.54) is 0 Å². The molecule has 0 amide bonds. The third kappa shape index (κ3) is 3.95. The molecule has 4 aliphatic carbocycles. The number of ketones is 1. The summed E-state index contributed by atoms with van der Waals surface area (Å²) >= 11 is 0. The molecule has 36 heavy (non-hydrogen) atoms. The topological polar surface area (TPSA) is 138 Å². The molecule has 0 spiro atoms. The van der Waals surface area contributed by atoms with Gasteiger partial charge in [-0.1, -0.05) is 27.7 Å². The second-order valence-corrected chi connectivity index (χ2v) is 13.7. The minimum absolute atomic E-state index is 0.0883. The van der Waals surface area contributed by atoms with Crippen molar-refractivity contribution in [3.63, 3.8) is 0 Å². The van der Waals surface area contributed by atoms with Gasteiger partial charge in [-0.25, -0.2) is 0 Å². The molecule has 7 heteroatoms. The van der Waals surface area contributed by atoms with Crippen LogP contribution < -0.4 is 0 Å². The number of carbonyl (C=O) groups excluding carboxylic acids is 1. The number of aliphatic hydroxyl groups is 6. The minimum Gasteiger partial charge on any atom is -0.393 e. The van der Waals surface area contributed by atoms with Gasteiger partial charge in [0.1, 0.15) is 0 Å². The number of carbonyl (C=O) groups is 1. The Morgan fingerprint density at radius 1 is 1.06 bits per heavy atom. The smallest absolute Gasteiger partial charge is 0.159 e. The molecule has 0 unspecified atom stereocenters. The zero-order valence-corrected chi connectivity index (χ0v) is 22.8. The van der Waals surface area contributed by atoms with Crippen LogP contribution in [0.25, 0.3) is 0 Å². The number of fused-ring (bicyclic) bond motifs is 5. The summed E-state index contributed by atoms with van der Waals surface area (Å²) in [6.07, 6.45) is 1.16. The first-order chi connectivity index (χ1) is 16.5. The molecule has 0 saturated heterocycles. The molecule has 7 nitrogen and oxygen atoms in total. The van der Waals surface area contributed by atoms with Crippen molar-refractivity contribution >= 4 is 5.78 Å². The third-order valence-electron chi connectivity index (χ3n) is 11.5. The molecule has 0 aromatic rings. The van der Waals surface area contributed by atoms with Crippen LogP contribution in [-0.2, 0) is 4.79 Å². The lowest BCUT2D eigenvalue weighted by atomic mass is 9.45. The Morgan fingerprint density at radius 3 is 2.28 bits per heavy atom. The predicted molar refractivity (Wildman–Crippen MR) is 136 cm³/mol. The van der Waals surface area contributed by atoms with Gasteiger partial charge < -0.3 is 30.6 Å². The van der Waals surface area contributed by atoms with Crippen molar-refractivity contribution in [3.05, 3.63) is 11.6 Å². The number of hydrogen-bond donors (Lipinski definition) is 6. The van der Waals surface area contributed by atoms with Gasteiger partial charge >= 0.3 is 0 Å². The van der Waals surface area contributed by atoms with Gasteiger partial charge in [-0.3, -0.25) is 4.79 Å². The molecule has 0 aromatic heterocycles. The van der Waals surface area contributed by atoms with Crippen LogP contribution in [0.5, 0.6) is 0 Å². The first-order valence-corrected chi connectivity index (χ1v) is 13.9. The highest BCUT2D eigenvalue weighted by atomic mass is 16.3. The lowest BCUT2D eigenvalue weighted by Crippen LogP contribution is -2.63. The highest BCUT2D eigenvalue weighted by Crippen LogP contribution is 2.68. The van der Waals surface area contributed by atoms with Crippen LogP contribution >= 0.6 is 0 Å². The molecule has 206 valence electrons. The SMILES string of the molecule is CC(C)[C@H](C[C@@H](O)[C@](C)(O)[C@H]1CC[C@@]2(O)C3=CC(=O)[C@@H]4C[C@@H](O)[C@@H](O)C[C@]4(C)[C@H]3CC[C@]12C)[C@@H](C)O. The van der Waals surface area contributed by atoms with Crippen LogP contribution in [0, 0.1) is 40.4 Å². The average Bonchev–Trinajstić information content (AvgIpc) is 3.05. The van der Waals surface area contributed by atoms with E-state index in [2.05, 4.69) is 0 Å². The van der Waals surface area contributed by atoms with Gasteiger partial charge in [0.25, 0.3) is 0 Å². The van der Waals surface area contributed by atoms with Gasteiger partial charge in [-0.05, 0) is 99.5 Å². The number of hydrogen-bond acceptors (Lipinski definition) is 7. The summed E-state index contributed by atoms with van der Waals surface area (Å²) in [5.41, 5.74) is -3.35. The molecule has 6 N–H and O–H groups in total. The van der Waals surface area contributed by atoms with Crippen LogP contribution in [0.2, 0.25) is 0 Å². The average molecular weight is 509 g/mol. The van der Waals surface area contributed by atoms with Gasteiger partial charge in [0, 0.05) is 11.3 Å². The second kappa shape index (κ2) is 9.13. The predicted octanol–water partition coefficient (Wildman–Crippen LogP) is 2.35. The number of allylic oxidation sites excluding steroid dienone is 1. The lowest BCUT2D eigenvalue weighted by Gasteiger charge is -2.60. The zero-order valence-electron chi connectivity index (χ0n) is 22.8. The summed E-state index contributed by atoms with van der Waals surface area (Å²) < 4.78 is 0. The van der Waals surface area contributed by atoms with Crippen LogP contribution in [-0.4, -0.2) is 72.0 Å². The fourth-order valence-electron chi connectivity index (χ4n) is 9.06. The molecule has 0 aliphatic heterocycles. The molecule has 0 heterocycles. The van der Waals surface area contributed by atoms with E-state index in [0.29, 0.717) is 37.7 Å². The van der Waals surface area contributed by atoms with Crippen molar-refractivity contribution < 1.29 is 35.4 Å². The normalized spacial score (nSPS) is 46.8. The maximum absolute atomic E-state index is 13.3. The summed E-state index contributed by atoms with van der Waals surface area (Å²) in [6.45, 7) is 11.4. The Labute approximate surface area is 215 Å². The Balaban J connectivity index is 1.66. The van der Waals surface area contributed by atoms with Gasteiger partial charge in [-0.15, -0.1) is 0 Å². The largest absolute Gasteiger partial charge is 0.393 e. The summed E-state index contributed by atoms with van der Waals surface area (Å²) in [6, 6.07) is 0. The van der Waals surface area contributed by atoms with E-state index in [1.54, 1.807) is 19.9 Å². The second-order valence-electron chi connectivity index (χ2n) is 13.7. The van der Waals surface area contributed by atoms with Crippen molar-refractivity contribution in [3.8, 4) is 0 Å². The highest BCUT2D eigenvalue weighted by Gasteiger charge is 2.69. The molecular formula is C29H48O7. The number of aliphatic hydroxyl groups excluding tert-OH is 4. The number of rotatable bonds is 6. The zero-order chi connectivity index (χ0) is 27.0. The molecule has 0 aromatic carbocycles. The first-order valence-electron chi connectivity index (χ1n) is 13.9. The van der Waals surface area contributed by atoms with Gasteiger partial charge in [0.2, 0.25) is 0 Å². The Morgan fingerprint density at radius 2 is 1.69 bits per heavy atom. The molecule has 0 radical (unpaired) electrons. The van der Waals surface area contributed by atoms with E-state index in [1.807, 2.05) is 27.7 Å². The van der Waals surface area contributed by atoms with E-state index in [0.717, 1.165) is 0 Å². The first kappa shape index (κ1) is 28.2. The highest BCUT2D eigenvalue weighted by molar-refractivity contribution is 5.95. The molecule has 4 aliphatic rings. The van der Waals surface area contributed by atoms with Crippen LogP contribution in [0.4, 0.5) is 0 Å².